The van der Waals surface area contributed by atoms with Gasteiger partial charge in [-0.15, -0.1) is 24.0 Å². The molecule has 1 aliphatic rings. The second kappa shape index (κ2) is 10.1. The number of aliphatic hydroxyl groups excluding tert-OH is 1. The molecule has 0 amide bonds. The molecule has 1 saturated carbocycles. The maximum Gasteiger partial charge on any atom is 0.193 e. The molecule has 0 saturated heterocycles. The Bertz CT molecular complexity index is 493. The van der Waals surface area contributed by atoms with Gasteiger partial charge in [0.1, 0.15) is 0 Å². The fourth-order valence-corrected chi connectivity index (χ4v) is 3.34. The van der Waals surface area contributed by atoms with E-state index in [1.165, 1.54) is 24.8 Å². The quantitative estimate of drug-likeness (QED) is 0.363. The number of anilines is 1. The molecule has 0 unspecified atom stereocenters. The molecule has 0 spiro atoms. The molecule has 4 N–H and O–H groups in total. The second-order valence-electron chi connectivity index (χ2n) is 6.41. The maximum atomic E-state index is 9.35. The van der Waals surface area contributed by atoms with Crippen molar-refractivity contribution in [2.75, 3.05) is 18.5 Å². The number of aliphatic imine (C=N–C) groups is 1. The predicted octanol–water partition coefficient (Wildman–Crippen LogP) is 3.93. The van der Waals surface area contributed by atoms with Crippen LogP contribution in [-0.2, 0) is 6.42 Å². The van der Waals surface area contributed by atoms with Gasteiger partial charge in [0.25, 0.3) is 0 Å². The number of halogens is 1. The molecular weight excluding hydrogens is 401 g/mol. The molecule has 0 aromatic heterocycles. The lowest BCUT2D eigenvalue weighted by Crippen LogP contribution is -2.31. The van der Waals surface area contributed by atoms with Gasteiger partial charge >= 0.3 is 0 Å². The molecule has 4 nitrogen and oxygen atoms in total. The van der Waals surface area contributed by atoms with Crippen molar-refractivity contribution in [1.82, 2.24) is 0 Å². The van der Waals surface area contributed by atoms with Gasteiger partial charge in [0.15, 0.2) is 5.96 Å². The van der Waals surface area contributed by atoms with Gasteiger partial charge in [0, 0.05) is 18.8 Å². The van der Waals surface area contributed by atoms with E-state index in [0.717, 1.165) is 31.4 Å². The maximum absolute atomic E-state index is 9.35. The Morgan fingerprint density at radius 1 is 1.30 bits per heavy atom. The zero-order chi connectivity index (χ0) is 15.8. The van der Waals surface area contributed by atoms with Gasteiger partial charge in [-0.3, -0.25) is 4.99 Å². The predicted molar refractivity (Wildman–Crippen MR) is 109 cm³/mol. The monoisotopic (exact) mass is 431 g/mol. The Kier molecular flexibility index (Phi) is 8.91. The van der Waals surface area contributed by atoms with Crippen molar-refractivity contribution in [1.29, 1.82) is 0 Å². The lowest BCUT2D eigenvalue weighted by atomic mass is 9.72. The van der Waals surface area contributed by atoms with Gasteiger partial charge in [0.2, 0.25) is 0 Å². The van der Waals surface area contributed by atoms with Crippen molar-refractivity contribution >= 4 is 35.6 Å². The highest BCUT2D eigenvalue weighted by Crippen LogP contribution is 2.39. The molecule has 2 rings (SSSR count). The first-order valence-corrected chi connectivity index (χ1v) is 8.44. The van der Waals surface area contributed by atoms with Crippen LogP contribution in [0.4, 0.5) is 5.69 Å². The molecule has 5 heteroatoms. The Morgan fingerprint density at radius 2 is 2.04 bits per heavy atom. The summed E-state index contributed by atoms with van der Waals surface area (Å²) in [6, 6.07) is 8.25. The van der Waals surface area contributed by atoms with Crippen LogP contribution in [0, 0.1) is 5.41 Å². The third-order valence-corrected chi connectivity index (χ3v) is 4.75. The largest absolute Gasteiger partial charge is 0.396 e. The van der Waals surface area contributed by atoms with Crippen LogP contribution in [0.3, 0.4) is 0 Å². The second-order valence-corrected chi connectivity index (χ2v) is 6.41. The van der Waals surface area contributed by atoms with E-state index in [9.17, 15) is 5.11 Å². The summed E-state index contributed by atoms with van der Waals surface area (Å²) in [5.74, 6) is 0.469. The number of aliphatic hydroxyl groups is 1. The number of hydrogen-bond acceptors (Lipinski definition) is 2. The van der Waals surface area contributed by atoms with Crippen LogP contribution in [0.25, 0.3) is 0 Å². The van der Waals surface area contributed by atoms with Gasteiger partial charge in [-0.1, -0.05) is 38.3 Å². The average molecular weight is 431 g/mol. The third-order valence-electron chi connectivity index (χ3n) is 4.75. The number of nitrogens with zero attached hydrogens (tertiary/aromatic N) is 1. The van der Waals surface area contributed by atoms with Crippen LogP contribution in [0.2, 0.25) is 0 Å². The van der Waals surface area contributed by atoms with Crippen molar-refractivity contribution in [3.8, 4) is 0 Å². The highest BCUT2D eigenvalue weighted by Gasteiger charge is 2.31. The van der Waals surface area contributed by atoms with E-state index in [0.29, 0.717) is 12.5 Å². The molecule has 130 valence electrons. The summed E-state index contributed by atoms with van der Waals surface area (Å²) in [4.78, 5) is 4.56. The zero-order valence-corrected chi connectivity index (χ0v) is 16.4. The first kappa shape index (κ1) is 20.2. The average Bonchev–Trinajstić information content (AvgIpc) is 2.54. The van der Waals surface area contributed by atoms with E-state index in [2.05, 4.69) is 29.4 Å². The van der Waals surface area contributed by atoms with Crippen molar-refractivity contribution in [2.45, 2.75) is 51.9 Å². The first-order chi connectivity index (χ1) is 10.7. The van der Waals surface area contributed by atoms with Crippen molar-refractivity contribution in [3.05, 3.63) is 29.8 Å². The Morgan fingerprint density at radius 3 is 2.70 bits per heavy atom. The number of nitrogens with one attached hydrogen (secondary N) is 1. The SMILES string of the molecule is CCc1cccc(NC(N)=NCC2(CCO)CCCCC2)c1.I. The molecule has 0 aliphatic heterocycles. The van der Waals surface area contributed by atoms with Crippen molar-refractivity contribution in [3.63, 3.8) is 0 Å². The minimum atomic E-state index is 0. The topological polar surface area (TPSA) is 70.6 Å². The summed E-state index contributed by atoms with van der Waals surface area (Å²) in [6.07, 6.45) is 7.91. The molecule has 1 aromatic rings. The molecule has 1 aromatic carbocycles. The number of aryl methyl sites for hydroxylation is 1. The van der Waals surface area contributed by atoms with Gasteiger partial charge in [-0.25, -0.2) is 0 Å². The van der Waals surface area contributed by atoms with E-state index in [-0.39, 0.29) is 36.0 Å². The van der Waals surface area contributed by atoms with Gasteiger partial charge in [0.05, 0.1) is 0 Å². The normalized spacial score (nSPS) is 17.4. The Balaban J connectivity index is 0.00000264. The fourth-order valence-electron chi connectivity index (χ4n) is 3.34. The summed E-state index contributed by atoms with van der Waals surface area (Å²) < 4.78 is 0. The van der Waals surface area contributed by atoms with E-state index in [1.54, 1.807) is 0 Å². The highest BCUT2D eigenvalue weighted by molar-refractivity contribution is 14.0. The van der Waals surface area contributed by atoms with E-state index in [4.69, 9.17) is 5.73 Å². The van der Waals surface area contributed by atoms with Crippen molar-refractivity contribution < 1.29 is 5.11 Å². The van der Waals surface area contributed by atoms with Crippen LogP contribution >= 0.6 is 24.0 Å². The van der Waals surface area contributed by atoms with Crippen molar-refractivity contribution in [2.24, 2.45) is 16.1 Å². The summed E-state index contributed by atoms with van der Waals surface area (Å²) in [6.45, 7) is 3.08. The summed E-state index contributed by atoms with van der Waals surface area (Å²) >= 11 is 0. The summed E-state index contributed by atoms with van der Waals surface area (Å²) in [7, 11) is 0. The lowest BCUT2D eigenvalue weighted by molar-refractivity contribution is 0.137. The van der Waals surface area contributed by atoms with Gasteiger partial charge in [-0.05, 0) is 48.8 Å². The Labute approximate surface area is 157 Å². The molecule has 0 radical (unpaired) electrons. The fraction of sp³-hybridized carbons (Fsp3) is 0.611. The number of guanidine groups is 1. The van der Waals surface area contributed by atoms with Crippen LogP contribution in [0.5, 0.6) is 0 Å². The standard InChI is InChI=1S/C18H29N3O.HI/c1-2-15-7-6-8-16(13-15)21-17(19)20-14-18(11-12-22)9-4-3-5-10-18;/h6-8,13,22H,2-5,9-12,14H2,1H3,(H3,19,20,21);1H. The number of rotatable bonds is 6. The number of hydrogen-bond donors (Lipinski definition) is 3. The molecule has 1 fully saturated rings. The molecule has 0 atom stereocenters. The third kappa shape index (κ3) is 6.30. The summed E-state index contributed by atoms with van der Waals surface area (Å²) in [5.41, 5.74) is 8.46. The minimum absolute atomic E-state index is 0. The minimum Gasteiger partial charge on any atom is -0.396 e. The molecular formula is C18H30IN3O. The van der Waals surface area contributed by atoms with E-state index < -0.39 is 0 Å². The Hall–Kier alpha value is -0.820. The van der Waals surface area contributed by atoms with E-state index in [1.807, 2.05) is 12.1 Å². The van der Waals surface area contributed by atoms with Crippen LogP contribution in [0.15, 0.2) is 29.3 Å². The van der Waals surface area contributed by atoms with Crippen LogP contribution in [-0.4, -0.2) is 24.2 Å². The van der Waals surface area contributed by atoms with Gasteiger partial charge < -0.3 is 16.2 Å². The molecule has 1 aliphatic carbocycles. The highest BCUT2D eigenvalue weighted by atomic mass is 127. The molecule has 0 heterocycles. The summed E-state index contributed by atoms with van der Waals surface area (Å²) in [5, 5.41) is 12.5. The zero-order valence-electron chi connectivity index (χ0n) is 14.1. The molecule has 23 heavy (non-hydrogen) atoms. The molecule has 0 bridgehead atoms. The number of nitrogens with two attached hydrogens (primary N) is 1. The van der Waals surface area contributed by atoms with E-state index >= 15 is 0 Å². The van der Waals surface area contributed by atoms with Gasteiger partial charge in [-0.2, -0.15) is 0 Å². The lowest BCUT2D eigenvalue weighted by Gasteiger charge is -2.35. The smallest absolute Gasteiger partial charge is 0.193 e. The first-order valence-electron chi connectivity index (χ1n) is 8.44. The number of benzene rings is 1. The van der Waals surface area contributed by atoms with Crippen LogP contribution in [0.1, 0.15) is 51.0 Å². The van der Waals surface area contributed by atoms with Crippen LogP contribution < -0.4 is 11.1 Å².